The molecule has 0 bridgehead atoms. The van der Waals surface area contributed by atoms with Gasteiger partial charge in [-0.2, -0.15) is 0 Å². The number of rotatable bonds is 2. The van der Waals surface area contributed by atoms with Crippen molar-refractivity contribution in [3.8, 4) is 0 Å². The Labute approximate surface area is 119 Å². The van der Waals surface area contributed by atoms with Gasteiger partial charge in [-0.1, -0.05) is 17.7 Å². The van der Waals surface area contributed by atoms with Crippen LogP contribution in [-0.2, 0) is 0 Å². The van der Waals surface area contributed by atoms with Crippen molar-refractivity contribution in [2.75, 3.05) is 0 Å². The third kappa shape index (κ3) is 1.89. The van der Waals surface area contributed by atoms with Gasteiger partial charge in [0, 0.05) is 23.3 Å². The lowest BCUT2D eigenvalue weighted by Crippen LogP contribution is -2.05. The molecule has 0 aliphatic rings. The molecule has 0 amide bonds. The van der Waals surface area contributed by atoms with Gasteiger partial charge >= 0.3 is 0 Å². The molecule has 0 saturated heterocycles. The summed E-state index contributed by atoms with van der Waals surface area (Å²) in [6.45, 7) is 1.73. The summed E-state index contributed by atoms with van der Waals surface area (Å²) in [5.41, 5.74) is 1.50. The number of aromatic amines is 1. The summed E-state index contributed by atoms with van der Waals surface area (Å²) >= 11 is 6.07. The lowest BCUT2D eigenvalue weighted by Gasteiger charge is -2.06. The summed E-state index contributed by atoms with van der Waals surface area (Å²) in [5, 5.41) is 0.794. The second-order valence-electron chi connectivity index (χ2n) is 4.48. The van der Waals surface area contributed by atoms with Crippen LogP contribution < -0.4 is 0 Å². The average molecular weight is 289 g/mol. The quantitative estimate of drug-likeness (QED) is 0.727. The normalized spacial score (nSPS) is 10.9. The standard InChI is InChI=1S/C15H10ClFN2O/c1-8-4-5-11(17)12(13(8)16)14(20)10-7-19-15-9(10)3-2-6-18-15/h2-7H,1H3,(H,18,19). The van der Waals surface area contributed by atoms with E-state index in [0.29, 0.717) is 22.2 Å². The third-order valence-corrected chi connectivity index (χ3v) is 3.69. The summed E-state index contributed by atoms with van der Waals surface area (Å²) in [7, 11) is 0. The number of H-pyrrole nitrogens is 1. The van der Waals surface area contributed by atoms with E-state index >= 15 is 0 Å². The molecule has 3 rings (SSSR count). The first-order chi connectivity index (χ1) is 9.59. The van der Waals surface area contributed by atoms with Crippen LogP contribution >= 0.6 is 11.6 Å². The first-order valence-electron chi connectivity index (χ1n) is 6.01. The molecule has 0 atom stereocenters. The lowest BCUT2D eigenvalue weighted by molar-refractivity contribution is 0.103. The number of hydrogen-bond donors (Lipinski definition) is 1. The van der Waals surface area contributed by atoms with E-state index in [0.717, 1.165) is 0 Å². The number of benzene rings is 1. The maximum Gasteiger partial charge on any atom is 0.199 e. The van der Waals surface area contributed by atoms with Gasteiger partial charge in [-0.25, -0.2) is 9.37 Å². The molecule has 0 saturated carbocycles. The van der Waals surface area contributed by atoms with Gasteiger partial charge in [-0.3, -0.25) is 4.79 Å². The maximum atomic E-state index is 13.9. The Morgan fingerprint density at radius 2 is 2.15 bits per heavy atom. The highest BCUT2D eigenvalue weighted by atomic mass is 35.5. The molecule has 100 valence electrons. The van der Waals surface area contributed by atoms with E-state index in [1.165, 1.54) is 12.3 Å². The summed E-state index contributed by atoms with van der Waals surface area (Å²) in [6.07, 6.45) is 3.14. The van der Waals surface area contributed by atoms with Gasteiger partial charge in [0.25, 0.3) is 0 Å². The number of carbonyl (C=O) groups is 1. The Hall–Kier alpha value is -2.20. The summed E-state index contributed by atoms with van der Waals surface area (Å²) in [5.74, 6) is -1.07. The van der Waals surface area contributed by atoms with Crippen molar-refractivity contribution in [3.05, 3.63) is 64.2 Å². The van der Waals surface area contributed by atoms with Gasteiger partial charge < -0.3 is 4.98 Å². The van der Waals surface area contributed by atoms with E-state index in [1.807, 2.05) is 0 Å². The van der Waals surface area contributed by atoms with E-state index < -0.39 is 11.6 Å². The SMILES string of the molecule is Cc1ccc(F)c(C(=O)c2c[nH]c3ncccc23)c1Cl. The third-order valence-electron chi connectivity index (χ3n) is 3.21. The van der Waals surface area contributed by atoms with Gasteiger partial charge in [-0.15, -0.1) is 0 Å². The highest BCUT2D eigenvalue weighted by Crippen LogP contribution is 2.28. The molecular weight excluding hydrogens is 279 g/mol. The summed E-state index contributed by atoms with van der Waals surface area (Å²) in [4.78, 5) is 19.5. The van der Waals surface area contributed by atoms with Gasteiger partial charge in [0.2, 0.25) is 0 Å². The molecule has 2 heterocycles. The van der Waals surface area contributed by atoms with Crippen LogP contribution in [0.1, 0.15) is 21.5 Å². The first kappa shape index (κ1) is 12.8. The molecule has 0 fully saturated rings. The molecule has 1 aromatic carbocycles. The zero-order valence-electron chi connectivity index (χ0n) is 10.6. The number of fused-ring (bicyclic) bond motifs is 1. The first-order valence-corrected chi connectivity index (χ1v) is 6.39. The number of aromatic nitrogens is 2. The van der Waals surface area contributed by atoms with Crippen LogP contribution in [0.3, 0.4) is 0 Å². The highest BCUT2D eigenvalue weighted by molar-refractivity contribution is 6.36. The number of pyridine rings is 1. The minimum Gasteiger partial charge on any atom is -0.345 e. The number of nitrogens with one attached hydrogen (secondary N) is 1. The molecule has 0 unspecified atom stereocenters. The Bertz CT molecular complexity index is 826. The molecule has 3 nitrogen and oxygen atoms in total. The Kier molecular flexibility index (Phi) is 3.03. The number of carbonyl (C=O) groups excluding carboxylic acids is 1. The van der Waals surface area contributed by atoms with Gasteiger partial charge in [0.1, 0.15) is 11.5 Å². The molecule has 0 aliphatic carbocycles. The van der Waals surface area contributed by atoms with Crippen molar-refractivity contribution in [1.82, 2.24) is 9.97 Å². The van der Waals surface area contributed by atoms with Gasteiger partial charge in [0.15, 0.2) is 5.78 Å². The van der Waals surface area contributed by atoms with Crippen LogP contribution in [0.25, 0.3) is 11.0 Å². The van der Waals surface area contributed by atoms with Crippen molar-refractivity contribution in [2.24, 2.45) is 0 Å². The minimum absolute atomic E-state index is 0.101. The molecule has 0 spiro atoms. The number of aryl methyl sites for hydroxylation is 1. The zero-order valence-corrected chi connectivity index (χ0v) is 11.3. The van der Waals surface area contributed by atoms with Crippen molar-refractivity contribution in [1.29, 1.82) is 0 Å². The van der Waals surface area contributed by atoms with E-state index in [-0.39, 0.29) is 10.6 Å². The van der Waals surface area contributed by atoms with Crippen LogP contribution in [0.15, 0.2) is 36.7 Å². The van der Waals surface area contributed by atoms with E-state index in [1.54, 1.807) is 31.3 Å². The second kappa shape index (κ2) is 4.72. The van der Waals surface area contributed by atoms with E-state index in [4.69, 9.17) is 11.6 Å². The van der Waals surface area contributed by atoms with Crippen LogP contribution in [-0.4, -0.2) is 15.8 Å². The Morgan fingerprint density at radius 3 is 2.95 bits per heavy atom. The van der Waals surface area contributed by atoms with Crippen LogP contribution in [0.2, 0.25) is 5.02 Å². The minimum atomic E-state index is -0.621. The van der Waals surface area contributed by atoms with E-state index in [2.05, 4.69) is 9.97 Å². The van der Waals surface area contributed by atoms with Crippen molar-refractivity contribution < 1.29 is 9.18 Å². The van der Waals surface area contributed by atoms with Crippen molar-refractivity contribution in [2.45, 2.75) is 6.92 Å². The smallest absolute Gasteiger partial charge is 0.199 e. The predicted octanol–water partition coefficient (Wildman–Crippen LogP) is 3.89. The molecule has 0 aliphatic heterocycles. The fraction of sp³-hybridized carbons (Fsp3) is 0.0667. The molecule has 5 heteroatoms. The fourth-order valence-electron chi connectivity index (χ4n) is 2.14. The number of ketones is 1. The molecule has 20 heavy (non-hydrogen) atoms. The van der Waals surface area contributed by atoms with Crippen LogP contribution in [0, 0.1) is 12.7 Å². The second-order valence-corrected chi connectivity index (χ2v) is 4.86. The van der Waals surface area contributed by atoms with Crippen LogP contribution in [0.4, 0.5) is 4.39 Å². The molecule has 1 N–H and O–H groups in total. The number of halogens is 2. The summed E-state index contributed by atoms with van der Waals surface area (Å²) < 4.78 is 13.9. The largest absolute Gasteiger partial charge is 0.345 e. The molecule has 0 radical (unpaired) electrons. The zero-order chi connectivity index (χ0) is 14.3. The Morgan fingerprint density at radius 1 is 1.35 bits per heavy atom. The van der Waals surface area contributed by atoms with Crippen molar-refractivity contribution in [3.63, 3.8) is 0 Å². The van der Waals surface area contributed by atoms with Gasteiger partial charge in [0.05, 0.1) is 10.6 Å². The molecule has 3 aromatic rings. The molecular formula is C15H10ClFN2O. The Balaban J connectivity index is 2.21. The number of nitrogens with zero attached hydrogens (tertiary/aromatic N) is 1. The van der Waals surface area contributed by atoms with Gasteiger partial charge in [-0.05, 0) is 30.7 Å². The highest BCUT2D eigenvalue weighted by Gasteiger charge is 2.21. The molecule has 2 aromatic heterocycles. The average Bonchev–Trinajstić information content (AvgIpc) is 2.87. The van der Waals surface area contributed by atoms with E-state index in [9.17, 15) is 9.18 Å². The van der Waals surface area contributed by atoms with Crippen LogP contribution in [0.5, 0.6) is 0 Å². The maximum absolute atomic E-state index is 13.9. The monoisotopic (exact) mass is 288 g/mol. The summed E-state index contributed by atoms with van der Waals surface area (Å²) in [6, 6.07) is 6.28. The topological polar surface area (TPSA) is 45.8 Å². The van der Waals surface area contributed by atoms with Crippen molar-refractivity contribution >= 4 is 28.4 Å². The predicted molar refractivity (Wildman–Crippen MR) is 75.7 cm³/mol. The number of hydrogen-bond acceptors (Lipinski definition) is 2. The fourth-order valence-corrected chi connectivity index (χ4v) is 2.38. The lowest BCUT2D eigenvalue weighted by atomic mass is 10.0.